The van der Waals surface area contributed by atoms with Crippen molar-refractivity contribution < 1.29 is 36.3 Å². The number of carboxylic acid groups (broad SMARTS) is 1. The number of halogens is 3. The molecular formula is C25H39F3N4O5S. The summed E-state index contributed by atoms with van der Waals surface area (Å²) in [6.07, 6.45) is 0.554. The van der Waals surface area contributed by atoms with Gasteiger partial charge in [-0.1, -0.05) is 25.5 Å². The monoisotopic (exact) mass is 564 g/mol. The molecular weight excluding hydrogens is 525 g/mol. The normalized spacial score (nSPS) is 17.1. The Bertz CT molecular complexity index is 978. The Morgan fingerprint density at radius 2 is 1.58 bits per heavy atom. The molecule has 2 fully saturated rings. The molecule has 9 nitrogen and oxygen atoms in total. The third-order valence-corrected chi connectivity index (χ3v) is 8.50. The fraction of sp³-hybridized carbons (Fsp3) is 0.680. The second-order valence-corrected chi connectivity index (χ2v) is 11.3. The van der Waals surface area contributed by atoms with Gasteiger partial charge in [0.1, 0.15) is 0 Å². The average molecular weight is 565 g/mol. The second kappa shape index (κ2) is 15.4. The van der Waals surface area contributed by atoms with Gasteiger partial charge in [0.05, 0.1) is 4.90 Å². The van der Waals surface area contributed by atoms with Crippen LogP contribution in [0.2, 0.25) is 0 Å². The van der Waals surface area contributed by atoms with Crippen LogP contribution in [0.5, 0.6) is 0 Å². The summed E-state index contributed by atoms with van der Waals surface area (Å²) in [5, 5.41) is 10.4. The maximum Gasteiger partial charge on any atom is 0.490 e. The summed E-state index contributed by atoms with van der Waals surface area (Å²) in [5.74, 6) is -2.72. The van der Waals surface area contributed by atoms with Crippen molar-refractivity contribution in [2.24, 2.45) is 0 Å². The van der Waals surface area contributed by atoms with Gasteiger partial charge in [0.15, 0.2) is 0 Å². The molecule has 1 amide bonds. The summed E-state index contributed by atoms with van der Waals surface area (Å²) < 4.78 is 60.0. The van der Waals surface area contributed by atoms with Gasteiger partial charge < -0.3 is 20.2 Å². The highest BCUT2D eigenvalue weighted by molar-refractivity contribution is 7.89. The van der Waals surface area contributed by atoms with Crippen LogP contribution >= 0.6 is 0 Å². The smallest absolute Gasteiger partial charge is 0.475 e. The minimum atomic E-state index is -5.08. The number of carboxylic acids is 1. The van der Waals surface area contributed by atoms with Crippen LogP contribution in [0, 0.1) is 0 Å². The number of alkyl halides is 3. The van der Waals surface area contributed by atoms with E-state index in [2.05, 4.69) is 17.1 Å². The number of nitrogens with zero attached hydrogens (tertiary/aromatic N) is 3. The molecule has 2 N–H and O–H groups in total. The number of amides is 1. The number of sulfonamides is 1. The minimum absolute atomic E-state index is 0.0408. The van der Waals surface area contributed by atoms with Crippen LogP contribution in [0.25, 0.3) is 0 Å². The summed E-state index contributed by atoms with van der Waals surface area (Å²) in [6, 6.07) is 7.16. The molecule has 0 unspecified atom stereocenters. The third kappa shape index (κ3) is 10.5. The number of carbonyl (C=O) groups excluding carboxylic acids is 1. The predicted octanol–water partition coefficient (Wildman–Crippen LogP) is 2.57. The van der Waals surface area contributed by atoms with Crippen molar-refractivity contribution in [2.75, 3.05) is 58.9 Å². The van der Waals surface area contributed by atoms with Gasteiger partial charge in [-0.25, -0.2) is 13.2 Å². The van der Waals surface area contributed by atoms with E-state index in [1.807, 2.05) is 17.0 Å². The molecule has 0 spiro atoms. The first kappa shape index (κ1) is 32.0. The average Bonchev–Trinajstić information content (AvgIpc) is 2.91. The van der Waals surface area contributed by atoms with E-state index >= 15 is 0 Å². The number of hydrogen-bond acceptors (Lipinski definition) is 6. The first-order valence-electron chi connectivity index (χ1n) is 13.0. The predicted molar refractivity (Wildman–Crippen MR) is 137 cm³/mol. The zero-order chi connectivity index (χ0) is 28.2. The van der Waals surface area contributed by atoms with Gasteiger partial charge in [0.2, 0.25) is 15.9 Å². The highest BCUT2D eigenvalue weighted by atomic mass is 32.2. The molecule has 0 aliphatic carbocycles. The lowest BCUT2D eigenvalue weighted by Crippen LogP contribution is -2.47. The number of piperidine rings is 1. The summed E-state index contributed by atoms with van der Waals surface area (Å²) in [5.41, 5.74) is 1.12. The standard InChI is InChI=1S/C23H38N4O3S.C2HF3O2/c1-2-21-7-9-22(10-8-21)31(29,30)27(17-6-16-25-14-4-3-5-15-25)18-11-23(28)26-19-12-24-13-20-26;3-2(4,5)1(6)7/h7-10,24H,2-6,11-20H2,1H3;(H,6,7). The number of rotatable bonds is 10. The van der Waals surface area contributed by atoms with Crippen molar-refractivity contribution in [1.82, 2.24) is 19.4 Å². The topological polar surface area (TPSA) is 110 Å². The van der Waals surface area contributed by atoms with Gasteiger partial charge in [0.25, 0.3) is 0 Å². The fourth-order valence-electron chi connectivity index (χ4n) is 4.34. The number of hydrogen-bond donors (Lipinski definition) is 2. The molecule has 2 saturated heterocycles. The fourth-order valence-corrected chi connectivity index (χ4v) is 5.82. The molecule has 1 aromatic carbocycles. The molecule has 1 aromatic rings. The lowest BCUT2D eigenvalue weighted by Gasteiger charge is -2.30. The zero-order valence-electron chi connectivity index (χ0n) is 21.9. The van der Waals surface area contributed by atoms with E-state index in [1.165, 1.54) is 23.6 Å². The lowest BCUT2D eigenvalue weighted by molar-refractivity contribution is -0.192. The molecule has 13 heteroatoms. The summed E-state index contributed by atoms with van der Waals surface area (Å²) in [6.45, 7) is 8.84. The largest absolute Gasteiger partial charge is 0.490 e. The Balaban J connectivity index is 0.000000638. The van der Waals surface area contributed by atoms with Crippen molar-refractivity contribution in [3.63, 3.8) is 0 Å². The van der Waals surface area contributed by atoms with Crippen molar-refractivity contribution in [2.45, 2.75) is 56.5 Å². The number of aryl methyl sites for hydroxylation is 1. The van der Waals surface area contributed by atoms with Gasteiger partial charge in [-0.2, -0.15) is 17.5 Å². The highest BCUT2D eigenvalue weighted by Crippen LogP contribution is 2.19. The molecule has 2 aliphatic heterocycles. The Hall–Kier alpha value is -2.22. The van der Waals surface area contributed by atoms with Crippen LogP contribution in [0.1, 0.15) is 44.6 Å². The lowest BCUT2D eigenvalue weighted by atomic mass is 10.1. The Labute approximate surface area is 223 Å². The van der Waals surface area contributed by atoms with E-state index in [-0.39, 0.29) is 18.9 Å². The van der Waals surface area contributed by atoms with Gasteiger partial charge >= 0.3 is 12.1 Å². The SMILES string of the molecule is CCc1ccc(S(=O)(=O)N(CCCN2CCCCC2)CCC(=O)N2CCNCC2)cc1.O=C(O)C(F)(F)F. The Kier molecular flexibility index (Phi) is 13.0. The van der Waals surface area contributed by atoms with Gasteiger partial charge in [-0.05, 0) is 63.0 Å². The number of aliphatic carboxylic acids is 1. The second-order valence-electron chi connectivity index (χ2n) is 9.34. The third-order valence-electron chi connectivity index (χ3n) is 6.59. The van der Waals surface area contributed by atoms with Crippen LogP contribution in [0.4, 0.5) is 13.2 Å². The van der Waals surface area contributed by atoms with Crippen LogP contribution in [0.15, 0.2) is 29.2 Å². The molecule has 2 aliphatic rings. The summed E-state index contributed by atoms with van der Waals surface area (Å²) >= 11 is 0. The molecule has 216 valence electrons. The first-order valence-corrected chi connectivity index (χ1v) is 14.5. The van der Waals surface area contributed by atoms with Crippen molar-refractivity contribution in [1.29, 1.82) is 0 Å². The van der Waals surface area contributed by atoms with Crippen LogP contribution in [-0.4, -0.2) is 105 Å². The van der Waals surface area contributed by atoms with Crippen LogP contribution < -0.4 is 5.32 Å². The summed E-state index contributed by atoms with van der Waals surface area (Å²) in [7, 11) is -3.62. The molecule has 3 rings (SSSR count). The zero-order valence-corrected chi connectivity index (χ0v) is 22.7. The number of nitrogens with one attached hydrogen (secondary N) is 1. The molecule has 0 aromatic heterocycles. The highest BCUT2D eigenvalue weighted by Gasteiger charge is 2.38. The number of benzene rings is 1. The quantitative estimate of drug-likeness (QED) is 0.450. The molecule has 2 heterocycles. The Morgan fingerprint density at radius 1 is 1.00 bits per heavy atom. The van der Waals surface area contributed by atoms with Gasteiger partial charge in [0, 0.05) is 45.7 Å². The summed E-state index contributed by atoms with van der Waals surface area (Å²) in [4.78, 5) is 26.1. The van der Waals surface area contributed by atoms with E-state index in [0.717, 1.165) is 51.1 Å². The molecule has 0 saturated carbocycles. The molecule has 0 atom stereocenters. The van der Waals surface area contributed by atoms with Crippen LogP contribution in [-0.2, 0) is 26.0 Å². The first-order chi connectivity index (χ1) is 17.9. The maximum atomic E-state index is 13.4. The van der Waals surface area contributed by atoms with Crippen molar-refractivity contribution in [3.05, 3.63) is 29.8 Å². The molecule has 0 bridgehead atoms. The number of likely N-dealkylation sites (tertiary alicyclic amines) is 1. The number of carbonyl (C=O) groups is 2. The van der Waals surface area contributed by atoms with Gasteiger partial charge in [-0.15, -0.1) is 0 Å². The number of piperazine rings is 1. The van der Waals surface area contributed by atoms with E-state index in [4.69, 9.17) is 9.90 Å². The molecule has 0 radical (unpaired) electrons. The Morgan fingerprint density at radius 3 is 2.11 bits per heavy atom. The van der Waals surface area contributed by atoms with Crippen molar-refractivity contribution >= 4 is 21.9 Å². The minimum Gasteiger partial charge on any atom is -0.475 e. The van der Waals surface area contributed by atoms with E-state index in [0.29, 0.717) is 24.5 Å². The maximum absolute atomic E-state index is 13.4. The van der Waals surface area contributed by atoms with E-state index in [9.17, 15) is 26.4 Å². The van der Waals surface area contributed by atoms with Crippen molar-refractivity contribution in [3.8, 4) is 0 Å². The van der Waals surface area contributed by atoms with Crippen LogP contribution in [0.3, 0.4) is 0 Å². The van der Waals surface area contributed by atoms with E-state index < -0.39 is 22.2 Å². The van der Waals surface area contributed by atoms with Gasteiger partial charge in [-0.3, -0.25) is 4.79 Å². The molecule has 38 heavy (non-hydrogen) atoms. The van der Waals surface area contributed by atoms with E-state index in [1.54, 1.807) is 12.1 Å².